The smallest absolute Gasteiger partial charge is 0.387 e. The lowest BCUT2D eigenvalue weighted by atomic mass is 10.1. The van der Waals surface area contributed by atoms with Crippen molar-refractivity contribution in [3.8, 4) is 11.6 Å². The third kappa shape index (κ3) is 9.28. The minimum absolute atomic E-state index is 0. The van der Waals surface area contributed by atoms with Gasteiger partial charge in [-0.15, -0.1) is 24.0 Å². The van der Waals surface area contributed by atoms with Gasteiger partial charge in [-0.2, -0.15) is 8.78 Å². The van der Waals surface area contributed by atoms with Gasteiger partial charge in [-0.25, -0.2) is 9.98 Å². The molecule has 1 aliphatic rings. The molecule has 0 amide bonds. The van der Waals surface area contributed by atoms with E-state index in [2.05, 4.69) is 25.3 Å². The van der Waals surface area contributed by atoms with Gasteiger partial charge >= 0.3 is 6.61 Å². The number of hydrogen-bond acceptors (Lipinski definition) is 5. The Hall–Kier alpha value is -2.21. The van der Waals surface area contributed by atoms with Crippen LogP contribution in [0.1, 0.15) is 49.8 Å². The number of aliphatic hydroxyl groups excluding tert-OH is 1. The number of guanidine groups is 1. The van der Waals surface area contributed by atoms with Gasteiger partial charge in [0, 0.05) is 25.4 Å². The van der Waals surface area contributed by atoms with Crippen molar-refractivity contribution in [3.05, 3.63) is 53.7 Å². The number of rotatable bonds is 10. The van der Waals surface area contributed by atoms with Crippen LogP contribution in [0.2, 0.25) is 0 Å². The summed E-state index contributed by atoms with van der Waals surface area (Å²) in [6.45, 7) is 0.354. The molecule has 2 aromatic rings. The molecule has 1 fully saturated rings. The minimum atomic E-state index is -2.88. The lowest BCUT2D eigenvalue weighted by Crippen LogP contribution is -2.39. The van der Waals surface area contributed by atoms with Gasteiger partial charge in [-0.3, -0.25) is 0 Å². The molecule has 1 heterocycles. The highest BCUT2D eigenvalue weighted by Gasteiger charge is 2.16. The topological polar surface area (TPSA) is 88.0 Å². The molecule has 182 valence electrons. The first kappa shape index (κ1) is 27.0. The summed E-state index contributed by atoms with van der Waals surface area (Å²) < 4.78 is 34.7. The first-order valence-corrected chi connectivity index (χ1v) is 10.9. The van der Waals surface area contributed by atoms with Crippen LogP contribution in [0.4, 0.5) is 8.78 Å². The van der Waals surface area contributed by atoms with Crippen molar-refractivity contribution in [1.29, 1.82) is 0 Å². The first-order valence-electron chi connectivity index (χ1n) is 10.9. The molecular weight excluding hydrogens is 545 g/mol. The molecule has 10 heteroatoms. The lowest BCUT2D eigenvalue weighted by molar-refractivity contribution is -0.0498. The third-order valence-corrected chi connectivity index (χ3v) is 5.10. The fourth-order valence-corrected chi connectivity index (χ4v) is 3.45. The Morgan fingerprint density at radius 1 is 1.15 bits per heavy atom. The van der Waals surface area contributed by atoms with Gasteiger partial charge in [0.25, 0.3) is 0 Å². The number of benzene rings is 1. The molecule has 1 atom stereocenters. The molecule has 1 aliphatic carbocycles. The second kappa shape index (κ2) is 14.1. The summed E-state index contributed by atoms with van der Waals surface area (Å²) in [6, 6.07) is 9.72. The number of aromatic nitrogens is 1. The summed E-state index contributed by atoms with van der Waals surface area (Å²) in [5.41, 5.74) is 1.52. The lowest BCUT2D eigenvalue weighted by Gasteiger charge is -2.16. The van der Waals surface area contributed by atoms with E-state index < -0.39 is 12.7 Å². The largest absolute Gasteiger partial charge is 0.474 e. The Morgan fingerprint density at radius 3 is 2.48 bits per heavy atom. The standard InChI is InChI=1S/C23H30F2N4O3.HI/c1-2-26-23(29-15-20(30)17-8-10-19(11-9-17)32-22(24)25)28-14-16-7-12-21(27-13-16)31-18-5-3-4-6-18;/h7-13,18,20,22,30H,2-6,14-15H2,1H3,(H2,26,28,29);1H. The fourth-order valence-electron chi connectivity index (χ4n) is 3.45. The Morgan fingerprint density at radius 2 is 1.88 bits per heavy atom. The van der Waals surface area contributed by atoms with E-state index in [9.17, 15) is 13.9 Å². The molecular formula is C23H31F2IN4O3. The van der Waals surface area contributed by atoms with Gasteiger partial charge < -0.3 is 25.2 Å². The summed E-state index contributed by atoms with van der Waals surface area (Å²) in [6.07, 6.45) is 5.80. The van der Waals surface area contributed by atoms with Crippen molar-refractivity contribution in [2.45, 2.75) is 58.0 Å². The molecule has 0 saturated heterocycles. The van der Waals surface area contributed by atoms with Gasteiger partial charge in [0.2, 0.25) is 5.88 Å². The quantitative estimate of drug-likeness (QED) is 0.221. The number of halogens is 3. The zero-order valence-corrected chi connectivity index (χ0v) is 20.9. The SMILES string of the molecule is CCNC(=NCc1ccc(OC2CCCC2)nc1)NCC(O)c1ccc(OC(F)F)cc1.I. The molecule has 33 heavy (non-hydrogen) atoms. The normalized spacial score (nSPS) is 15.1. The van der Waals surface area contributed by atoms with Gasteiger partial charge in [0.15, 0.2) is 5.96 Å². The second-order valence-electron chi connectivity index (χ2n) is 7.57. The van der Waals surface area contributed by atoms with E-state index in [0.29, 0.717) is 30.5 Å². The van der Waals surface area contributed by atoms with Crippen LogP contribution in [0.25, 0.3) is 0 Å². The van der Waals surface area contributed by atoms with Crippen LogP contribution in [0.15, 0.2) is 47.6 Å². The van der Waals surface area contributed by atoms with Gasteiger partial charge in [-0.1, -0.05) is 18.2 Å². The summed E-state index contributed by atoms with van der Waals surface area (Å²) >= 11 is 0. The number of ether oxygens (including phenoxy) is 2. The number of pyridine rings is 1. The van der Waals surface area contributed by atoms with E-state index in [-0.39, 0.29) is 42.4 Å². The number of nitrogens with one attached hydrogen (secondary N) is 2. The maximum Gasteiger partial charge on any atom is 0.387 e. The molecule has 0 radical (unpaired) electrons. The number of hydrogen-bond donors (Lipinski definition) is 3. The maximum absolute atomic E-state index is 12.2. The summed E-state index contributed by atoms with van der Waals surface area (Å²) in [5.74, 6) is 1.24. The van der Waals surface area contributed by atoms with E-state index >= 15 is 0 Å². The van der Waals surface area contributed by atoms with Crippen molar-refractivity contribution < 1.29 is 23.4 Å². The number of nitrogens with zero attached hydrogens (tertiary/aromatic N) is 2. The number of alkyl halides is 2. The zero-order valence-electron chi connectivity index (χ0n) is 18.5. The Bertz CT molecular complexity index is 848. The number of aliphatic imine (C=N–C) groups is 1. The van der Waals surface area contributed by atoms with Crippen LogP contribution >= 0.6 is 24.0 Å². The molecule has 1 aromatic heterocycles. The van der Waals surface area contributed by atoms with Gasteiger partial charge in [0.05, 0.1) is 12.6 Å². The molecule has 3 rings (SSSR count). The van der Waals surface area contributed by atoms with E-state index in [1.807, 2.05) is 19.1 Å². The average molecular weight is 576 g/mol. The zero-order chi connectivity index (χ0) is 22.8. The van der Waals surface area contributed by atoms with E-state index in [1.54, 1.807) is 18.3 Å². The first-order chi connectivity index (χ1) is 15.5. The molecule has 1 aromatic carbocycles. The Kier molecular flexibility index (Phi) is 11.6. The summed E-state index contributed by atoms with van der Waals surface area (Å²) in [5, 5.41) is 16.6. The fraction of sp³-hybridized carbons (Fsp3) is 0.478. The molecule has 3 N–H and O–H groups in total. The molecule has 0 bridgehead atoms. The monoisotopic (exact) mass is 576 g/mol. The van der Waals surface area contributed by atoms with E-state index in [1.165, 1.54) is 25.0 Å². The van der Waals surface area contributed by atoms with E-state index in [0.717, 1.165) is 18.4 Å². The maximum atomic E-state index is 12.2. The molecule has 7 nitrogen and oxygen atoms in total. The molecule has 1 saturated carbocycles. The van der Waals surface area contributed by atoms with Crippen LogP contribution in [-0.2, 0) is 6.54 Å². The predicted molar refractivity (Wildman–Crippen MR) is 133 cm³/mol. The van der Waals surface area contributed by atoms with Crippen molar-refractivity contribution in [2.75, 3.05) is 13.1 Å². The van der Waals surface area contributed by atoms with Gasteiger partial charge in [0.1, 0.15) is 11.9 Å². The minimum Gasteiger partial charge on any atom is -0.474 e. The third-order valence-electron chi connectivity index (χ3n) is 5.10. The number of aliphatic hydroxyl groups is 1. The van der Waals surface area contributed by atoms with Crippen LogP contribution in [0, 0.1) is 0 Å². The second-order valence-corrected chi connectivity index (χ2v) is 7.57. The highest BCUT2D eigenvalue weighted by atomic mass is 127. The Balaban J connectivity index is 0.00000385. The highest BCUT2D eigenvalue weighted by Crippen LogP contribution is 2.23. The van der Waals surface area contributed by atoms with Crippen molar-refractivity contribution in [1.82, 2.24) is 15.6 Å². The van der Waals surface area contributed by atoms with Crippen molar-refractivity contribution >= 4 is 29.9 Å². The predicted octanol–water partition coefficient (Wildman–Crippen LogP) is 4.41. The van der Waals surface area contributed by atoms with Crippen LogP contribution in [0.3, 0.4) is 0 Å². The van der Waals surface area contributed by atoms with Crippen molar-refractivity contribution in [2.24, 2.45) is 4.99 Å². The average Bonchev–Trinajstić information content (AvgIpc) is 3.29. The van der Waals surface area contributed by atoms with Crippen molar-refractivity contribution in [3.63, 3.8) is 0 Å². The molecule has 1 unspecified atom stereocenters. The van der Waals surface area contributed by atoms with Crippen LogP contribution in [0.5, 0.6) is 11.6 Å². The van der Waals surface area contributed by atoms with Gasteiger partial charge in [-0.05, 0) is 55.9 Å². The summed E-state index contributed by atoms with van der Waals surface area (Å²) in [7, 11) is 0. The Labute approximate surface area is 210 Å². The highest BCUT2D eigenvalue weighted by molar-refractivity contribution is 14.0. The van der Waals surface area contributed by atoms with Crippen LogP contribution in [-0.4, -0.2) is 41.9 Å². The molecule has 0 spiro atoms. The van der Waals surface area contributed by atoms with E-state index in [4.69, 9.17) is 4.74 Å². The van der Waals surface area contributed by atoms with Crippen LogP contribution < -0.4 is 20.1 Å². The summed E-state index contributed by atoms with van der Waals surface area (Å²) in [4.78, 5) is 8.90. The molecule has 0 aliphatic heterocycles.